The van der Waals surface area contributed by atoms with Crippen LogP contribution < -0.4 is 12.9 Å². The third-order valence-electron chi connectivity index (χ3n) is 29.4. The van der Waals surface area contributed by atoms with Gasteiger partial charge in [-0.15, -0.1) is 0 Å². The fourth-order valence-electron chi connectivity index (χ4n) is 22.8. The number of imidazole rings is 1. The summed E-state index contributed by atoms with van der Waals surface area (Å²) in [5, 5.41) is 14.0. The molecule has 27 aromatic rings. The van der Waals surface area contributed by atoms with E-state index in [1.807, 2.05) is 259 Å². The van der Waals surface area contributed by atoms with E-state index in [1.54, 1.807) is 18.2 Å². The number of rotatable bonds is 11. The Kier molecular flexibility index (Phi) is 20.4. The molecule has 22 aromatic carbocycles. The molecule has 149 heavy (non-hydrogen) atoms. The second-order valence-corrected chi connectivity index (χ2v) is 43.0. The topological polar surface area (TPSA) is 150 Å². The van der Waals surface area contributed by atoms with Crippen molar-refractivity contribution >= 4 is 173 Å². The van der Waals surface area contributed by atoms with E-state index in [9.17, 15) is 16.8 Å². The van der Waals surface area contributed by atoms with Gasteiger partial charge in [-0.3, -0.25) is 13.7 Å². The fourth-order valence-corrected chi connectivity index (χ4v) is 27.8. The molecule has 0 radical (unpaired) electrons. The lowest BCUT2D eigenvalue weighted by atomic mass is 9.91. The van der Waals surface area contributed by atoms with Gasteiger partial charge in [0.15, 0.2) is 0 Å². The highest BCUT2D eigenvalue weighted by Gasteiger charge is 2.44. The van der Waals surface area contributed by atoms with Crippen molar-refractivity contribution in [2.45, 2.75) is 14.7 Å². The lowest BCUT2D eigenvalue weighted by molar-refractivity contribution is 0.591. The largest absolute Gasteiger partial charge is 0.309 e. The average Bonchev–Trinajstić information content (AvgIpc) is 1.55. The molecule has 0 saturated carbocycles. The summed E-state index contributed by atoms with van der Waals surface area (Å²) in [6.45, 7) is 0. The monoisotopic (exact) mass is 1980 g/mol. The van der Waals surface area contributed by atoms with Gasteiger partial charge in [-0.2, -0.15) is 0 Å². The molecule has 708 valence electrons. The minimum absolute atomic E-state index is 0.235. The Hall–Kier alpha value is -19.0. The van der Waals surface area contributed by atoms with Crippen LogP contribution in [-0.2, 0) is 30.1 Å². The third-order valence-corrected chi connectivity index (χ3v) is 34.6. The zero-order valence-electron chi connectivity index (χ0n) is 79.8. The Morgan fingerprint density at radius 2 is 0.436 bits per heavy atom. The van der Waals surface area contributed by atoms with Crippen LogP contribution in [0.2, 0.25) is 0 Å². The molecule has 5 aromatic heterocycles. The molecule has 3 aliphatic rings. The molecule has 0 fully saturated rings. The molecule has 15 nitrogen and oxygen atoms in total. The second kappa shape index (κ2) is 34.7. The number of benzene rings is 22. The zero-order valence-corrected chi connectivity index (χ0v) is 82.2. The van der Waals surface area contributed by atoms with Gasteiger partial charge < -0.3 is 9.13 Å². The molecule has 18 heteroatoms. The lowest BCUT2D eigenvalue weighted by Crippen LogP contribution is -2.33. The van der Waals surface area contributed by atoms with Gasteiger partial charge in [0.2, 0.25) is 5.95 Å². The SMILES string of the molecule is O=S1(=O)c2cc(-c3ccc(-n4c5ccccc5c5ccccc54)cc3)ccc2-n2c(c(-c3ccccc3)c3ccccc32)N1c1ccccc1.O=S1(=O)c2cc(-c3ccc4c(c3)c3ccccc3n4-c3ccccc3)ccc2-n2c(c(-c3ccccc3)c3ccccc32)N1c1ccccc1.O=S1(=O)c2cc(-c3cccc(-c4ccc5c6ccccc6c6ccccc6c5c4)c3)ccc2-n2c(nc3ccccc32)N1c1ccccc1. The summed E-state index contributed by atoms with van der Waals surface area (Å²) >= 11 is 0. The number of hydrogen-bond acceptors (Lipinski definition) is 7. The Labute approximate surface area is 858 Å². The highest BCUT2D eigenvalue weighted by Crippen LogP contribution is 2.56. The summed E-state index contributed by atoms with van der Waals surface area (Å²) in [5.41, 5.74) is 24.8. The van der Waals surface area contributed by atoms with Crippen LogP contribution >= 0.6 is 0 Å². The van der Waals surface area contributed by atoms with Crippen LogP contribution in [0.5, 0.6) is 0 Å². The predicted octanol–water partition coefficient (Wildman–Crippen LogP) is 32.5. The maximum atomic E-state index is 15.1. The number of fused-ring (bicyclic) bond motifs is 27. The molecule has 0 aliphatic carbocycles. The first-order valence-corrected chi connectivity index (χ1v) is 53.8. The van der Waals surface area contributed by atoms with Gasteiger partial charge in [0.25, 0.3) is 30.1 Å². The number of hydrogen-bond donors (Lipinski definition) is 0. The van der Waals surface area contributed by atoms with Gasteiger partial charge in [0, 0.05) is 54.8 Å². The smallest absolute Gasteiger partial charge is 0.273 e. The van der Waals surface area contributed by atoms with Gasteiger partial charge in [-0.05, 0) is 252 Å². The third kappa shape index (κ3) is 14.0. The Balaban J connectivity index is 0.000000108. The quantitative estimate of drug-likeness (QED) is 0.117. The van der Waals surface area contributed by atoms with Crippen LogP contribution in [0.15, 0.2) is 530 Å². The molecule has 0 saturated heterocycles. The fraction of sp³-hybridized carbons (Fsp3) is 0. The van der Waals surface area contributed by atoms with E-state index < -0.39 is 30.1 Å². The molecule has 0 atom stereocenters. The average molecular weight is 1980 g/mol. The summed E-state index contributed by atoms with van der Waals surface area (Å²) in [6, 6.07) is 172. The molecule has 0 bridgehead atoms. The zero-order chi connectivity index (χ0) is 99.5. The van der Waals surface area contributed by atoms with Gasteiger partial charge in [-0.25, -0.2) is 43.2 Å². The molecular weight excluding hydrogens is 1890 g/mol. The van der Waals surface area contributed by atoms with Crippen molar-refractivity contribution in [3.8, 4) is 95.2 Å². The summed E-state index contributed by atoms with van der Waals surface area (Å²) in [6.07, 6.45) is 0. The summed E-state index contributed by atoms with van der Waals surface area (Å²) < 4.78 is 104. The van der Waals surface area contributed by atoms with E-state index in [1.165, 1.54) is 56.0 Å². The lowest BCUT2D eigenvalue weighted by Gasteiger charge is -2.33. The van der Waals surface area contributed by atoms with Gasteiger partial charge in [0.05, 0.1) is 78.3 Å². The molecule has 0 amide bonds. The summed E-state index contributed by atoms with van der Waals surface area (Å²) in [5.74, 6) is 1.57. The minimum atomic E-state index is -4.06. The molecule has 3 aliphatic heterocycles. The molecule has 0 spiro atoms. The van der Waals surface area contributed by atoms with Crippen molar-refractivity contribution in [1.29, 1.82) is 0 Å². The van der Waals surface area contributed by atoms with E-state index in [-0.39, 0.29) is 14.7 Å². The first-order chi connectivity index (χ1) is 73.2. The summed E-state index contributed by atoms with van der Waals surface area (Å²) in [7, 11) is -12.1. The molecule has 0 N–H and O–H groups in total. The maximum absolute atomic E-state index is 15.1. The Morgan fingerprint density at radius 3 is 0.879 bits per heavy atom. The second-order valence-electron chi connectivity index (χ2n) is 37.7. The standard InChI is InChI=1S/2C44H29N3O2S.C43H27N3O2S/c48-50(49)42-29-32(31-24-26-40-37(28-31)35-20-10-12-22-38(35)45(40)33-16-6-2-7-17-33)25-27-41(42)46-39-23-13-11-21-36(39)43(30-14-4-1-5-15-30)44(46)47(50)34-18-8-3-9-19-34;48-50(49)42-29-32(30-23-26-33(27-24-30)45-38-20-10-7-17-35(38)36-18-8-11-21-39(36)45)25-28-41(42)46-40-22-12-9-19-37(40)43(31-13-3-1-4-14-31)44(46)47(50)34-15-5-2-6-16-34;47-49(48)42-27-31(22-24-41(42)45-40-20-9-8-19-39(40)44-43(45)46(49)32-13-2-1-3-14-32)29-12-10-11-28(25-29)30-21-23-37-35-17-5-4-15-33(35)34-16-6-7-18-36(34)38(37)26-30/h2*1-29H;1-27H. The van der Waals surface area contributed by atoms with Crippen molar-refractivity contribution in [2.24, 2.45) is 0 Å². The molecule has 8 heterocycles. The van der Waals surface area contributed by atoms with Crippen LogP contribution in [0.1, 0.15) is 0 Å². The minimum Gasteiger partial charge on any atom is -0.309 e. The first-order valence-electron chi connectivity index (χ1n) is 49.5. The van der Waals surface area contributed by atoms with Crippen LogP contribution in [0.4, 0.5) is 34.6 Å². The van der Waals surface area contributed by atoms with Crippen LogP contribution in [0.25, 0.3) is 204 Å². The highest BCUT2D eigenvalue weighted by molar-refractivity contribution is 7.94. The predicted molar refractivity (Wildman–Crippen MR) is 609 cm³/mol. The first kappa shape index (κ1) is 87.8. The molecule has 0 unspecified atom stereocenters. The number of aromatic nitrogens is 6. The Morgan fingerprint density at radius 1 is 0.161 bits per heavy atom. The van der Waals surface area contributed by atoms with Crippen LogP contribution in [-0.4, -0.2) is 53.1 Å². The van der Waals surface area contributed by atoms with Crippen molar-refractivity contribution < 1.29 is 25.3 Å². The van der Waals surface area contributed by atoms with E-state index in [0.717, 1.165) is 144 Å². The summed E-state index contributed by atoms with van der Waals surface area (Å²) in [4.78, 5) is 5.56. The van der Waals surface area contributed by atoms with E-state index in [0.29, 0.717) is 51.7 Å². The van der Waals surface area contributed by atoms with Crippen molar-refractivity contribution in [3.05, 3.63) is 516 Å². The molecular formula is C131H85N9O6S3. The van der Waals surface area contributed by atoms with E-state index in [2.05, 4.69) is 261 Å². The Bertz CT molecular complexity index is 10500. The van der Waals surface area contributed by atoms with Gasteiger partial charge in [-0.1, -0.05) is 352 Å². The van der Waals surface area contributed by atoms with Crippen molar-refractivity contribution in [3.63, 3.8) is 0 Å². The number of anilines is 6. The maximum Gasteiger partial charge on any atom is 0.273 e. The van der Waals surface area contributed by atoms with Gasteiger partial charge in [0.1, 0.15) is 26.3 Å². The van der Waals surface area contributed by atoms with Crippen molar-refractivity contribution in [1.82, 2.24) is 27.8 Å². The molecule has 30 rings (SSSR count). The van der Waals surface area contributed by atoms with Crippen molar-refractivity contribution in [2.75, 3.05) is 12.9 Å². The van der Waals surface area contributed by atoms with E-state index >= 15 is 8.42 Å². The normalized spacial score (nSPS) is 13.5. The van der Waals surface area contributed by atoms with Crippen LogP contribution in [0, 0.1) is 0 Å². The number of para-hydroxylation sites is 11. The number of sulfonamides is 3. The highest BCUT2D eigenvalue weighted by atomic mass is 32.2. The van der Waals surface area contributed by atoms with Gasteiger partial charge >= 0.3 is 0 Å². The van der Waals surface area contributed by atoms with Crippen LogP contribution in [0.3, 0.4) is 0 Å². The van der Waals surface area contributed by atoms with E-state index in [4.69, 9.17) is 4.98 Å². The number of nitrogens with zero attached hydrogens (tertiary/aromatic N) is 9.